The lowest BCUT2D eigenvalue weighted by Gasteiger charge is -2.32. The van der Waals surface area contributed by atoms with Gasteiger partial charge in [-0.05, 0) is 25.8 Å². The van der Waals surface area contributed by atoms with E-state index in [9.17, 15) is 9.90 Å². The number of carbonyl (C=O) groups excluding carboxylic acids is 1. The van der Waals surface area contributed by atoms with Gasteiger partial charge in [-0.1, -0.05) is 6.08 Å². The molecular formula is C10H16O3. The van der Waals surface area contributed by atoms with Crippen LogP contribution in [0.25, 0.3) is 0 Å². The Labute approximate surface area is 78.1 Å². The van der Waals surface area contributed by atoms with Crippen LogP contribution in [0.15, 0.2) is 11.6 Å². The van der Waals surface area contributed by atoms with Gasteiger partial charge in [0, 0.05) is 12.3 Å². The second kappa shape index (κ2) is 3.60. The zero-order valence-electron chi connectivity index (χ0n) is 8.08. The highest BCUT2D eigenvalue weighted by Crippen LogP contribution is 2.29. The molecule has 0 saturated carbocycles. The van der Waals surface area contributed by atoms with E-state index in [0.717, 1.165) is 5.57 Å². The summed E-state index contributed by atoms with van der Waals surface area (Å²) in [5, 5.41) is 18.6. The van der Waals surface area contributed by atoms with Crippen molar-refractivity contribution in [3.05, 3.63) is 11.6 Å². The first kappa shape index (κ1) is 10.4. The molecule has 0 saturated heterocycles. The molecule has 1 aliphatic carbocycles. The standard InChI is InChI=1S/C10H16O3/c1-7-3-4-8(5-9(7)12)10(2,13)6-11/h3,8,11,13H,4-6H2,1-2H3/t8-,10-/m1/s1. The van der Waals surface area contributed by atoms with E-state index in [4.69, 9.17) is 5.11 Å². The molecule has 0 aromatic rings. The first-order valence-electron chi connectivity index (χ1n) is 4.50. The fourth-order valence-electron chi connectivity index (χ4n) is 1.50. The summed E-state index contributed by atoms with van der Waals surface area (Å²) in [5.74, 6) is -0.0707. The van der Waals surface area contributed by atoms with Gasteiger partial charge in [-0.25, -0.2) is 0 Å². The average Bonchev–Trinajstić information content (AvgIpc) is 2.09. The van der Waals surface area contributed by atoms with Gasteiger partial charge in [-0.3, -0.25) is 4.79 Å². The van der Waals surface area contributed by atoms with E-state index in [1.165, 1.54) is 0 Å². The molecule has 0 aromatic carbocycles. The summed E-state index contributed by atoms with van der Waals surface area (Å²) < 4.78 is 0. The molecule has 0 aromatic heterocycles. The number of allylic oxidation sites excluding steroid dienone is 2. The Balaban J connectivity index is 2.73. The van der Waals surface area contributed by atoms with Crippen LogP contribution in [0.1, 0.15) is 26.7 Å². The lowest BCUT2D eigenvalue weighted by Crippen LogP contribution is -2.40. The lowest BCUT2D eigenvalue weighted by molar-refractivity contribution is -0.121. The van der Waals surface area contributed by atoms with E-state index in [-0.39, 0.29) is 18.3 Å². The second-order valence-corrected chi connectivity index (χ2v) is 3.96. The summed E-state index contributed by atoms with van der Waals surface area (Å²) in [4.78, 5) is 11.3. The molecule has 0 amide bonds. The third kappa shape index (κ3) is 2.17. The Morgan fingerprint density at radius 2 is 2.31 bits per heavy atom. The average molecular weight is 184 g/mol. The Morgan fingerprint density at radius 3 is 2.77 bits per heavy atom. The maximum absolute atomic E-state index is 11.3. The number of rotatable bonds is 2. The molecule has 0 heterocycles. The van der Waals surface area contributed by atoms with Gasteiger partial charge in [0.05, 0.1) is 12.2 Å². The van der Waals surface area contributed by atoms with Gasteiger partial charge < -0.3 is 10.2 Å². The van der Waals surface area contributed by atoms with Crippen molar-refractivity contribution < 1.29 is 15.0 Å². The molecule has 0 unspecified atom stereocenters. The van der Waals surface area contributed by atoms with Gasteiger partial charge >= 0.3 is 0 Å². The molecule has 0 spiro atoms. The first-order valence-corrected chi connectivity index (χ1v) is 4.50. The van der Waals surface area contributed by atoms with Crippen molar-refractivity contribution in [3.63, 3.8) is 0 Å². The highest BCUT2D eigenvalue weighted by molar-refractivity contribution is 5.95. The Morgan fingerprint density at radius 1 is 1.69 bits per heavy atom. The van der Waals surface area contributed by atoms with Crippen LogP contribution in [0, 0.1) is 5.92 Å². The van der Waals surface area contributed by atoms with Gasteiger partial charge in [0.1, 0.15) is 0 Å². The number of carbonyl (C=O) groups is 1. The van der Waals surface area contributed by atoms with Crippen LogP contribution < -0.4 is 0 Å². The van der Waals surface area contributed by atoms with Crippen LogP contribution in [-0.4, -0.2) is 28.2 Å². The Kier molecular flexibility index (Phi) is 2.88. The van der Waals surface area contributed by atoms with E-state index in [1.807, 2.05) is 6.08 Å². The molecule has 0 fully saturated rings. The third-order valence-electron chi connectivity index (χ3n) is 2.78. The smallest absolute Gasteiger partial charge is 0.158 e. The highest BCUT2D eigenvalue weighted by Gasteiger charge is 2.34. The Hall–Kier alpha value is -0.670. The van der Waals surface area contributed by atoms with Crippen LogP contribution in [0.3, 0.4) is 0 Å². The summed E-state index contributed by atoms with van der Waals surface area (Å²) in [6, 6.07) is 0. The molecule has 3 nitrogen and oxygen atoms in total. The fourth-order valence-corrected chi connectivity index (χ4v) is 1.50. The minimum atomic E-state index is -1.13. The van der Waals surface area contributed by atoms with Crippen molar-refractivity contribution >= 4 is 5.78 Å². The number of Topliss-reactive ketones (excluding diaryl/α,β-unsaturated/α-hetero) is 1. The maximum Gasteiger partial charge on any atom is 0.158 e. The zero-order valence-corrected chi connectivity index (χ0v) is 8.08. The molecule has 1 rings (SSSR count). The predicted octanol–water partition coefficient (Wildman–Crippen LogP) is 0.655. The van der Waals surface area contributed by atoms with E-state index in [2.05, 4.69) is 0 Å². The molecular weight excluding hydrogens is 168 g/mol. The fraction of sp³-hybridized carbons (Fsp3) is 0.700. The molecule has 0 radical (unpaired) electrons. The lowest BCUT2D eigenvalue weighted by atomic mass is 9.78. The zero-order chi connectivity index (χ0) is 10.1. The van der Waals surface area contributed by atoms with Gasteiger partial charge in [0.25, 0.3) is 0 Å². The number of hydrogen-bond donors (Lipinski definition) is 2. The summed E-state index contributed by atoms with van der Waals surface area (Å²) in [5.41, 5.74) is -0.364. The van der Waals surface area contributed by atoms with Gasteiger partial charge in [-0.2, -0.15) is 0 Å². The number of hydrogen-bond acceptors (Lipinski definition) is 3. The number of ketones is 1. The summed E-state index contributed by atoms with van der Waals surface area (Å²) in [6.45, 7) is 3.06. The minimum absolute atomic E-state index is 0.0741. The number of aliphatic hydroxyl groups is 2. The van der Waals surface area contributed by atoms with Crippen LogP contribution >= 0.6 is 0 Å². The van der Waals surface area contributed by atoms with Crippen LogP contribution in [0.4, 0.5) is 0 Å². The molecule has 2 atom stereocenters. The van der Waals surface area contributed by atoms with E-state index >= 15 is 0 Å². The van der Waals surface area contributed by atoms with Crippen molar-refractivity contribution in [2.75, 3.05) is 6.61 Å². The van der Waals surface area contributed by atoms with Crippen LogP contribution in [-0.2, 0) is 4.79 Å². The van der Waals surface area contributed by atoms with Gasteiger partial charge in [0.2, 0.25) is 0 Å². The second-order valence-electron chi connectivity index (χ2n) is 3.96. The van der Waals surface area contributed by atoms with Crippen molar-refractivity contribution in [1.82, 2.24) is 0 Å². The van der Waals surface area contributed by atoms with E-state index < -0.39 is 5.60 Å². The minimum Gasteiger partial charge on any atom is -0.393 e. The topological polar surface area (TPSA) is 57.5 Å². The molecule has 74 valence electrons. The normalized spacial score (nSPS) is 28.2. The molecule has 3 heteroatoms. The Bertz CT molecular complexity index is 241. The van der Waals surface area contributed by atoms with Gasteiger partial charge in [0.15, 0.2) is 5.78 Å². The van der Waals surface area contributed by atoms with E-state index in [0.29, 0.717) is 12.8 Å². The highest BCUT2D eigenvalue weighted by atomic mass is 16.3. The first-order chi connectivity index (χ1) is 5.97. The van der Waals surface area contributed by atoms with Gasteiger partial charge in [-0.15, -0.1) is 0 Å². The number of aliphatic hydroxyl groups excluding tert-OH is 1. The van der Waals surface area contributed by atoms with Crippen LogP contribution in [0.2, 0.25) is 0 Å². The SMILES string of the molecule is CC1=CC[C@@H]([C@](C)(O)CO)CC1=O. The largest absolute Gasteiger partial charge is 0.393 e. The molecule has 0 aliphatic heterocycles. The van der Waals surface area contributed by atoms with Crippen molar-refractivity contribution in [1.29, 1.82) is 0 Å². The van der Waals surface area contributed by atoms with Crippen LogP contribution in [0.5, 0.6) is 0 Å². The molecule has 1 aliphatic rings. The predicted molar refractivity (Wildman–Crippen MR) is 49.2 cm³/mol. The summed E-state index contributed by atoms with van der Waals surface area (Å²) in [7, 11) is 0. The molecule has 13 heavy (non-hydrogen) atoms. The maximum atomic E-state index is 11.3. The third-order valence-corrected chi connectivity index (χ3v) is 2.78. The van der Waals surface area contributed by atoms with Crippen molar-refractivity contribution in [2.24, 2.45) is 5.92 Å². The van der Waals surface area contributed by atoms with E-state index in [1.54, 1.807) is 13.8 Å². The van der Waals surface area contributed by atoms with Crippen molar-refractivity contribution in [2.45, 2.75) is 32.3 Å². The monoisotopic (exact) mass is 184 g/mol. The quantitative estimate of drug-likeness (QED) is 0.662. The summed E-state index contributed by atoms with van der Waals surface area (Å²) >= 11 is 0. The van der Waals surface area contributed by atoms with Crippen molar-refractivity contribution in [3.8, 4) is 0 Å². The molecule has 2 N–H and O–H groups in total. The molecule has 0 bridgehead atoms. The summed E-state index contributed by atoms with van der Waals surface area (Å²) in [6.07, 6.45) is 2.85.